The number of isocyanates is 1. The fourth-order valence-electron chi connectivity index (χ4n) is 2.07. The zero-order chi connectivity index (χ0) is 14.9. The summed E-state index contributed by atoms with van der Waals surface area (Å²) in [6.07, 6.45) is 0.759. The van der Waals surface area contributed by atoms with Gasteiger partial charge < -0.3 is 9.90 Å². The van der Waals surface area contributed by atoms with Gasteiger partial charge in [-0.25, -0.2) is 14.4 Å². The number of imide groups is 1. The molecule has 0 atom stereocenters. The van der Waals surface area contributed by atoms with E-state index in [0.717, 1.165) is 18.2 Å². The van der Waals surface area contributed by atoms with Gasteiger partial charge in [0.15, 0.2) is 5.69 Å². The Hall–Kier alpha value is -2.67. The van der Waals surface area contributed by atoms with Crippen molar-refractivity contribution >= 4 is 35.2 Å². The minimum atomic E-state index is -1.71. The number of hydrogen-bond acceptors (Lipinski definition) is 7. The second-order valence-electron chi connectivity index (χ2n) is 4.09. The molecule has 1 aliphatic rings. The summed E-state index contributed by atoms with van der Waals surface area (Å²) < 4.78 is -1.71. The smallest absolute Gasteiger partial charge is 0.359 e. The lowest BCUT2D eigenvalue weighted by Gasteiger charge is -2.21. The molecule has 0 radical (unpaired) electrons. The van der Waals surface area contributed by atoms with E-state index < -0.39 is 39.4 Å². The number of carbonyl (C=O) groups is 3. The summed E-state index contributed by atoms with van der Waals surface area (Å²) in [6, 6.07) is 3.43. The molecule has 2 rings (SSSR count). The van der Waals surface area contributed by atoms with Crippen LogP contribution < -0.4 is 9.75 Å². The van der Waals surface area contributed by atoms with Crippen molar-refractivity contribution in [2.45, 2.75) is 12.8 Å². The van der Waals surface area contributed by atoms with Crippen molar-refractivity contribution in [1.82, 2.24) is 4.65 Å². The topological polar surface area (TPSA) is 124 Å². The summed E-state index contributed by atoms with van der Waals surface area (Å²) >= 11 is 0. The van der Waals surface area contributed by atoms with Crippen LogP contribution >= 0.6 is 0 Å². The molecular formula is C12H8N2O6. The number of para-hydroxylation sites is 1. The number of aliphatic imine (C=N–C) groups is 1. The third-order valence-corrected chi connectivity index (χ3v) is 3.02. The lowest BCUT2D eigenvalue weighted by molar-refractivity contribution is -0.255. The first-order valence-corrected chi connectivity index (χ1v) is 5.54. The monoisotopic (exact) mass is 276 g/mol. The molecule has 102 valence electrons. The van der Waals surface area contributed by atoms with Crippen LogP contribution in [0.2, 0.25) is 0 Å². The van der Waals surface area contributed by atoms with E-state index in [2.05, 4.69) is 4.99 Å². The van der Waals surface area contributed by atoms with Gasteiger partial charge in [-0.1, -0.05) is 12.1 Å². The van der Waals surface area contributed by atoms with E-state index >= 15 is 0 Å². The van der Waals surface area contributed by atoms with Gasteiger partial charge in [0.1, 0.15) is 0 Å². The zero-order valence-corrected chi connectivity index (χ0v) is 10.0. The molecule has 1 aliphatic heterocycles. The quantitative estimate of drug-likeness (QED) is 0.262. The van der Waals surface area contributed by atoms with Gasteiger partial charge in [0, 0.05) is 11.6 Å². The SMILES string of the molecule is O=C=Nc1c(C(=O)[O-])cccc1[N+]1(O)C(=O)CCC1=O. The number of quaternary nitrogens is 1. The third-order valence-electron chi connectivity index (χ3n) is 3.02. The first-order chi connectivity index (χ1) is 9.42. The van der Waals surface area contributed by atoms with Crippen molar-refractivity contribution in [2.75, 3.05) is 0 Å². The molecule has 0 bridgehead atoms. The summed E-state index contributed by atoms with van der Waals surface area (Å²) in [6.45, 7) is 0. The van der Waals surface area contributed by atoms with E-state index in [1.807, 2.05) is 0 Å². The van der Waals surface area contributed by atoms with Gasteiger partial charge in [0.05, 0.1) is 18.8 Å². The summed E-state index contributed by atoms with van der Waals surface area (Å²) in [5.41, 5.74) is -1.44. The maximum absolute atomic E-state index is 11.7. The Morgan fingerprint density at radius 3 is 2.40 bits per heavy atom. The van der Waals surface area contributed by atoms with Crippen LogP contribution in [0.4, 0.5) is 11.4 Å². The average molecular weight is 276 g/mol. The van der Waals surface area contributed by atoms with Gasteiger partial charge in [0.25, 0.3) is 0 Å². The Kier molecular flexibility index (Phi) is 3.29. The van der Waals surface area contributed by atoms with Crippen LogP contribution in [0, 0.1) is 0 Å². The molecule has 8 nitrogen and oxygen atoms in total. The summed E-state index contributed by atoms with van der Waals surface area (Å²) in [5.74, 6) is -3.31. The van der Waals surface area contributed by atoms with Gasteiger partial charge in [-0.15, -0.1) is 0 Å². The van der Waals surface area contributed by atoms with Gasteiger partial charge in [-0.05, 0) is 4.65 Å². The average Bonchev–Trinajstić information content (AvgIpc) is 2.67. The molecule has 2 amide bonds. The second-order valence-corrected chi connectivity index (χ2v) is 4.09. The number of benzene rings is 1. The molecule has 1 heterocycles. The van der Waals surface area contributed by atoms with E-state index in [-0.39, 0.29) is 12.8 Å². The van der Waals surface area contributed by atoms with Crippen LogP contribution in [-0.2, 0) is 14.4 Å². The molecule has 1 fully saturated rings. The lowest BCUT2D eigenvalue weighted by Crippen LogP contribution is -2.50. The first kappa shape index (κ1) is 13.8. The number of hydroxylamine groups is 2. The molecule has 1 aromatic carbocycles. The van der Waals surface area contributed by atoms with Crippen molar-refractivity contribution in [3.8, 4) is 0 Å². The molecule has 0 unspecified atom stereocenters. The highest BCUT2D eigenvalue weighted by Gasteiger charge is 2.53. The van der Waals surface area contributed by atoms with Gasteiger partial charge >= 0.3 is 11.8 Å². The fraction of sp³-hybridized carbons (Fsp3) is 0.167. The highest BCUT2D eigenvalue weighted by molar-refractivity contribution is 6.14. The Morgan fingerprint density at radius 1 is 1.30 bits per heavy atom. The Morgan fingerprint density at radius 2 is 1.90 bits per heavy atom. The van der Waals surface area contributed by atoms with Crippen molar-refractivity contribution in [2.24, 2.45) is 4.99 Å². The van der Waals surface area contributed by atoms with Gasteiger partial charge in [-0.2, -0.15) is 10.2 Å². The highest BCUT2D eigenvalue weighted by atomic mass is 16.6. The van der Waals surface area contributed by atoms with Crippen molar-refractivity contribution in [1.29, 1.82) is 0 Å². The maximum atomic E-state index is 11.7. The first-order valence-electron chi connectivity index (χ1n) is 5.54. The van der Waals surface area contributed by atoms with E-state index in [9.17, 15) is 29.5 Å². The van der Waals surface area contributed by atoms with Gasteiger partial charge in [-0.3, -0.25) is 0 Å². The number of hydrogen-bond donors (Lipinski definition) is 1. The number of rotatable bonds is 3. The van der Waals surface area contributed by atoms with Crippen LogP contribution in [0.25, 0.3) is 0 Å². The molecule has 0 aromatic heterocycles. The second kappa shape index (κ2) is 4.78. The van der Waals surface area contributed by atoms with Crippen molar-refractivity contribution in [3.05, 3.63) is 23.8 Å². The number of amides is 2. The number of carbonyl (C=O) groups excluding carboxylic acids is 4. The lowest BCUT2D eigenvalue weighted by atomic mass is 10.1. The largest absolute Gasteiger partial charge is 0.545 e. The standard InChI is InChI=1S/C12H8N2O6/c15-6-13-11-7(12(18)19)2-1-3-8(11)14(20)9(16)4-5-10(14)17/h1-3,20H,4-5H2. The highest BCUT2D eigenvalue weighted by Crippen LogP contribution is 2.39. The van der Waals surface area contributed by atoms with E-state index in [1.165, 1.54) is 6.07 Å². The van der Waals surface area contributed by atoms with E-state index in [0.29, 0.717) is 0 Å². The molecule has 20 heavy (non-hydrogen) atoms. The third kappa shape index (κ3) is 1.84. The Balaban J connectivity index is 2.78. The Bertz CT molecular complexity index is 659. The predicted molar refractivity (Wildman–Crippen MR) is 61.4 cm³/mol. The molecule has 0 spiro atoms. The van der Waals surface area contributed by atoms with E-state index in [4.69, 9.17) is 0 Å². The zero-order valence-electron chi connectivity index (χ0n) is 10.0. The molecular weight excluding hydrogens is 268 g/mol. The number of aromatic carboxylic acids is 1. The number of nitrogens with zero attached hydrogens (tertiary/aromatic N) is 2. The minimum absolute atomic E-state index is 0.185. The fourth-order valence-corrected chi connectivity index (χ4v) is 2.07. The molecule has 1 aromatic rings. The summed E-state index contributed by atoms with van der Waals surface area (Å²) in [4.78, 5) is 48.1. The summed E-state index contributed by atoms with van der Waals surface area (Å²) in [7, 11) is 0. The number of carboxylic acid groups (broad SMARTS) is 1. The molecule has 1 saturated heterocycles. The predicted octanol–water partition coefficient (Wildman–Crippen LogP) is -0.439. The van der Waals surface area contributed by atoms with Crippen molar-refractivity contribution < 1.29 is 29.5 Å². The Labute approximate surface area is 112 Å². The van der Waals surface area contributed by atoms with Crippen LogP contribution in [0.3, 0.4) is 0 Å². The maximum Gasteiger partial charge on any atom is 0.359 e. The molecule has 0 aliphatic carbocycles. The molecule has 1 N–H and O–H groups in total. The minimum Gasteiger partial charge on any atom is -0.545 e. The normalized spacial score (nSPS) is 16.9. The van der Waals surface area contributed by atoms with Crippen LogP contribution in [-0.4, -0.2) is 29.1 Å². The van der Waals surface area contributed by atoms with Gasteiger partial charge in [0.2, 0.25) is 11.8 Å². The molecule has 8 heteroatoms. The molecule has 0 saturated carbocycles. The van der Waals surface area contributed by atoms with Crippen LogP contribution in [0.15, 0.2) is 23.2 Å². The van der Waals surface area contributed by atoms with Crippen LogP contribution in [0.5, 0.6) is 0 Å². The van der Waals surface area contributed by atoms with Crippen molar-refractivity contribution in [3.63, 3.8) is 0 Å². The van der Waals surface area contributed by atoms with Crippen LogP contribution in [0.1, 0.15) is 23.2 Å². The summed E-state index contributed by atoms with van der Waals surface area (Å²) in [5, 5.41) is 21.2. The number of carboxylic acids is 1. The van der Waals surface area contributed by atoms with E-state index in [1.54, 1.807) is 0 Å².